The first-order chi connectivity index (χ1) is 10.8. The number of carbonyl (C=O) groups excluding carboxylic acids is 2. The van der Waals surface area contributed by atoms with Gasteiger partial charge in [0, 0.05) is 19.5 Å². The van der Waals surface area contributed by atoms with E-state index in [0.717, 1.165) is 17.7 Å². The largest absolute Gasteiger partial charge is 0.497 e. The average Bonchev–Trinajstić information content (AvgIpc) is 2.46. The Labute approximate surface area is 137 Å². The van der Waals surface area contributed by atoms with Crippen LogP contribution in [0.5, 0.6) is 5.75 Å². The Morgan fingerprint density at radius 2 is 1.70 bits per heavy atom. The molecule has 0 saturated carbocycles. The lowest BCUT2D eigenvalue weighted by atomic mass is 10.1. The van der Waals surface area contributed by atoms with E-state index < -0.39 is 11.7 Å². The van der Waals surface area contributed by atoms with Gasteiger partial charge in [0.25, 0.3) is 0 Å². The smallest absolute Gasteiger partial charge is 0.407 e. The number of alkyl carbamates (subject to hydrolysis) is 1. The molecule has 6 nitrogen and oxygen atoms in total. The zero-order valence-corrected chi connectivity index (χ0v) is 14.3. The molecule has 0 aliphatic heterocycles. The van der Waals surface area contributed by atoms with Crippen LogP contribution < -0.4 is 15.4 Å². The van der Waals surface area contributed by atoms with E-state index in [-0.39, 0.29) is 18.9 Å². The first-order valence-electron chi connectivity index (χ1n) is 7.66. The number of carbonyl (C=O) groups is 2. The van der Waals surface area contributed by atoms with Crippen molar-refractivity contribution >= 4 is 12.0 Å². The molecule has 1 aromatic carbocycles. The van der Waals surface area contributed by atoms with Crippen LogP contribution in [-0.4, -0.2) is 37.8 Å². The molecule has 0 bridgehead atoms. The topological polar surface area (TPSA) is 76.7 Å². The van der Waals surface area contributed by atoms with Crippen LogP contribution >= 0.6 is 0 Å². The van der Waals surface area contributed by atoms with Crippen molar-refractivity contribution in [1.82, 2.24) is 10.6 Å². The molecule has 0 aromatic heterocycles. The summed E-state index contributed by atoms with van der Waals surface area (Å²) in [5.41, 5.74) is 0.586. The van der Waals surface area contributed by atoms with E-state index in [2.05, 4.69) is 10.6 Å². The SMILES string of the molecule is COc1ccc(CCNC(=O)CCNC(=O)OC(C)(C)C)cc1. The fraction of sp³-hybridized carbons (Fsp3) is 0.529. The lowest BCUT2D eigenvalue weighted by Crippen LogP contribution is -2.35. The van der Waals surface area contributed by atoms with Gasteiger partial charge in [-0.3, -0.25) is 4.79 Å². The van der Waals surface area contributed by atoms with Crippen molar-refractivity contribution in [3.05, 3.63) is 29.8 Å². The minimum Gasteiger partial charge on any atom is -0.497 e. The van der Waals surface area contributed by atoms with Gasteiger partial charge in [-0.25, -0.2) is 4.79 Å². The molecule has 0 saturated heterocycles. The molecule has 0 fully saturated rings. The number of nitrogens with one attached hydrogen (secondary N) is 2. The van der Waals surface area contributed by atoms with Gasteiger partial charge in [0.05, 0.1) is 7.11 Å². The summed E-state index contributed by atoms with van der Waals surface area (Å²) in [5.74, 6) is 0.709. The summed E-state index contributed by atoms with van der Waals surface area (Å²) >= 11 is 0. The molecule has 0 atom stereocenters. The zero-order valence-electron chi connectivity index (χ0n) is 14.3. The normalized spacial score (nSPS) is 10.8. The Hall–Kier alpha value is -2.24. The summed E-state index contributed by atoms with van der Waals surface area (Å²) in [5, 5.41) is 5.37. The van der Waals surface area contributed by atoms with Crippen molar-refractivity contribution in [3.63, 3.8) is 0 Å². The van der Waals surface area contributed by atoms with Gasteiger partial charge in [0.1, 0.15) is 11.4 Å². The van der Waals surface area contributed by atoms with E-state index in [4.69, 9.17) is 9.47 Å². The van der Waals surface area contributed by atoms with Gasteiger partial charge < -0.3 is 20.1 Å². The Bertz CT molecular complexity index is 506. The number of benzene rings is 1. The summed E-state index contributed by atoms with van der Waals surface area (Å²) in [7, 11) is 1.63. The van der Waals surface area contributed by atoms with Crippen LogP contribution in [0.3, 0.4) is 0 Å². The fourth-order valence-electron chi connectivity index (χ4n) is 1.82. The molecule has 0 radical (unpaired) electrons. The van der Waals surface area contributed by atoms with Crippen molar-refractivity contribution in [3.8, 4) is 5.75 Å². The van der Waals surface area contributed by atoms with Crippen LogP contribution in [0.4, 0.5) is 4.79 Å². The van der Waals surface area contributed by atoms with Crippen LogP contribution in [0.15, 0.2) is 24.3 Å². The fourth-order valence-corrected chi connectivity index (χ4v) is 1.82. The molecule has 6 heteroatoms. The Morgan fingerprint density at radius 3 is 2.26 bits per heavy atom. The van der Waals surface area contributed by atoms with Crippen molar-refractivity contribution in [2.75, 3.05) is 20.2 Å². The molecule has 1 aromatic rings. The third kappa shape index (κ3) is 8.70. The highest BCUT2D eigenvalue weighted by atomic mass is 16.6. The summed E-state index contributed by atoms with van der Waals surface area (Å²) in [6.07, 6.45) is 0.459. The van der Waals surface area contributed by atoms with Gasteiger partial charge in [-0.15, -0.1) is 0 Å². The van der Waals surface area contributed by atoms with Crippen molar-refractivity contribution in [2.45, 2.75) is 39.2 Å². The molecule has 23 heavy (non-hydrogen) atoms. The van der Waals surface area contributed by atoms with E-state index in [9.17, 15) is 9.59 Å². The molecular formula is C17H26N2O4. The molecule has 0 spiro atoms. The number of rotatable bonds is 7. The summed E-state index contributed by atoms with van der Waals surface area (Å²) < 4.78 is 10.2. The number of hydrogen-bond acceptors (Lipinski definition) is 4. The summed E-state index contributed by atoms with van der Waals surface area (Å²) in [4.78, 5) is 23.1. The van der Waals surface area contributed by atoms with E-state index in [0.29, 0.717) is 6.54 Å². The molecule has 128 valence electrons. The van der Waals surface area contributed by atoms with Crippen molar-refractivity contribution in [2.24, 2.45) is 0 Å². The molecule has 0 unspecified atom stereocenters. The second kappa shape index (κ2) is 9.02. The highest BCUT2D eigenvalue weighted by Crippen LogP contribution is 2.11. The van der Waals surface area contributed by atoms with E-state index >= 15 is 0 Å². The van der Waals surface area contributed by atoms with Crippen LogP contribution in [0, 0.1) is 0 Å². The second-order valence-electron chi connectivity index (χ2n) is 6.13. The highest BCUT2D eigenvalue weighted by Gasteiger charge is 2.15. The van der Waals surface area contributed by atoms with E-state index in [1.54, 1.807) is 27.9 Å². The summed E-state index contributed by atoms with van der Waals surface area (Å²) in [6.45, 7) is 6.18. The molecule has 2 amide bonds. The highest BCUT2D eigenvalue weighted by molar-refractivity contribution is 5.77. The van der Waals surface area contributed by atoms with Gasteiger partial charge in [0.15, 0.2) is 0 Å². The predicted molar refractivity (Wildman–Crippen MR) is 88.6 cm³/mol. The van der Waals surface area contributed by atoms with E-state index in [1.807, 2.05) is 24.3 Å². The van der Waals surface area contributed by atoms with Gasteiger partial charge in [-0.2, -0.15) is 0 Å². The maximum atomic E-state index is 11.7. The first-order valence-corrected chi connectivity index (χ1v) is 7.66. The van der Waals surface area contributed by atoms with Crippen LogP contribution in [0.25, 0.3) is 0 Å². The lowest BCUT2D eigenvalue weighted by Gasteiger charge is -2.19. The minimum absolute atomic E-state index is 0.102. The van der Waals surface area contributed by atoms with E-state index in [1.165, 1.54) is 0 Å². The Kier molecular flexibility index (Phi) is 7.38. The second-order valence-corrected chi connectivity index (χ2v) is 6.13. The Morgan fingerprint density at radius 1 is 1.04 bits per heavy atom. The number of methoxy groups -OCH3 is 1. The predicted octanol–water partition coefficient (Wildman–Crippen LogP) is 2.27. The molecule has 0 heterocycles. The molecule has 1 rings (SSSR count). The van der Waals surface area contributed by atoms with Gasteiger partial charge in [-0.05, 0) is 44.9 Å². The standard InChI is InChI=1S/C17H26N2O4/c1-17(2,3)23-16(21)19-12-10-15(20)18-11-9-13-5-7-14(22-4)8-6-13/h5-8H,9-12H2,1-4H3,(H,18,20)(H,19,21). The molecule has 0 aliphatic rings. The van der Waals surface area contributed by atoms with Crippen LogP contribution in [0.2, 0.25) is 0 Å². The first kappa shape index (κ1) is 18.8. The Balaban J connectivity index is 2.15. The zero-order chi connectivity index (χ0) is 17.3. The molecule has 0 aliphatic carbocycles. The third-order valence-corrected chi connectivity index (χ3v) is 2.92. The van der Waals surface area contributed by atoms with Crippen LogP contribution in [0.1, 0.15) is 32.8 Å². The third-order valence-electron chi connectivity index (χ3n) is 2.92. The van der Waals surface area contributed by atoms with Gasteiger partial charge in [-0.1, -0.05) is 12.1 Å². The van der Waals surface area contributed by atoms with Crippen molar-refractivity contribution in [1.29, 1.82) is 0 Å². The number of hydrogen-bond donors (Lipinski definition) is 2. The minimum atomic E-state index is -0.537. The summed E-state index contributed by atoms with van der Waals surface area (Å²) in [6, 6.07) is 7.72. The number of amides is 2. The number of ether oxygens (including phenoxy) is 2. The quantitative estimate of drug-likeness (QED) is 0.807. The monoisotopic (exact) mass is 322 g/mol. The molecular weight excluding hydrogens is 296 g/mol. The average molecular weight is 322 g/mol. The van der Waals surface area contributed by atoms with Gasteiger partial charge >= 0.3 is 6.09 Å². The molecule has 2 N–H and O–H groups in total. The maximum Gasteiger partial charge on any atom is 0.407 e. The lowest BCUT2D eigenvalue weighted by molar-refractivity contribution is -0.120. The van der Waals surface area contributed by atoms with Crippen LogP contribution in [-0.2, 0) is 16.0 Å². The van der Waals surface area contributed by atoms with Crippen molar-refractivity contribution < 1.29 is 19.1 Å². The van der Waals surface area contributed by atoms with Gasteiger partial charge in [0.2, 0.25) is 5.91 Å². The maximum absolute atomic E-state index is 11.7.